The lowest BCUT2D eigenvalue weighted by Crippen LogP contribution is -2.47. The molecule has 0 radical (unpaired) electrons. The molecule has 1 aromatic rings. The lowest BCUT2D eigenvalue weighted by Gasteiger charge is -2.34. The van der Waals surface area contributed by atoms with Crippen molar-refractivity contribution < 1.29 is 9.53 Å². The van der Waals surface area contributed by atoms with Gasteiger partial charge < -0.3 is 10.1 Å². The number of ether oxygens (including phenoxy) is 1. The van der Waals surface area contributed by atoms with Crippen molar-refractivity contribution in [3.63, 3.8) is 0 Å². The maximum Gasteiger partial charge on any atom is 0.327 e. The number of nitrogens with zero attached hydrogens (tertiary/aromatic N) is 1. The van der Waals surface area contributed by atoms with Crippen LogP contribution in [0.5, 0.6) is 0 Å². The quantitative estimate of drug-likeness (QED) is 0.854. The zero-order valence-corrected chi connectivity index (χ0v) is 12.8. The summed E-state index contributed by atoms with van der Waals surface area (Å²) in [5, 5.41) is 3.32. The molecule has 4 heteroatoms. The number of carbonyl (C=O) groups excluding carboxylic acids is 1. The Labute approximate surface area is 121 Å². The Morgan fingerprint density at radius 3 is 2.25 bits per heavy atom. The molecule has 0 aliphatic carbocycles. The van der Waals surface area contributed by atoms with E-state index in [0.29, 0.717) is 0 Å². The van der Waals surface area contributed by atoms with Gasteiger partial charge in [0.15, 0.2) is 0 Å². The van der Waals surface area contributed by atoms with Crippen LogP contribution in [0, 0.1) is 20.8 Å². The Morgan fingerprint density at radius 2 is 1.75 bits per heavy atom. The second kappa shape index (κ2) is 6.37. The third-order valence-electron chi connectivity index (χ3n) is 3.95. The Hall–Kier alpha value is -1.39. The molecule has 0 bridgehead atoms. The number of rotatable bonds is 3. The molecule has 1 atom stereocenters. The number of piperazine rings is 1. The Morgan fingerprint density at radius 1 is 1.20 bits per heavy atom. The number of aryl methyl sites for hydroxylation is 3. The molecule has 1 aromatic carbocycles. The topological polar surface area (TPSA) is 41.6 Å². The molecule has 1 heterocycles. The van der Waals surface area contributed by atoms with Gasteiger partial charge in [0.25, 0.3) is 0 Å². The average molecular weight is 276 g/mol. The van der Waals surface area contributed by atoms with Crippen molar-refractivity contribution >= 4 is 5.97 Å². The van der Waals surface area contributed by atoms with E-state index in [1.54, 1.807) is 0 Å². The van der Waals surface area contributed by atoms with Crippen LogP contribution in [0.1, 0.15) is 28.3 Å². The van der Waals surface area contributed by atoms with Crippen molar-refractivity contribution in [2.24, 2.45) is 0 Å². The SMILES string of the molecule is COC(=O)C(c1c(C)cc(C)cc1C)N1CCNCC1. The highest BCUT2D eigenvalue weighted by atomic mass is 16.5. The van der Waals surface area contributed by atoms with E-state index in [2.05, 4.69) is 43.1 Å². The minimum Gasteiger partial charge on any atom is -0.468 e. The smallest absolute Gasteiger partial charge is 0.327 e. The van der Waals surface area contributed by atoms with Gasteiger partial charge in [-0.1, -0.05) is 17.7 Å². The molecule has 0 aromatic heterocycles. The summed E-state index contributed by atoms with van der Waals surface area (Å²) in [6, 6.07) is 3.99. The first kappa shape index (κ1) is 15.0. The van der Waals surface area contributed by atoms with Crippen molar-refractivity contribution in [1.29, 1.82) is 0 Å². The van der Waals surface area contributed by atoms with E-state index in [-0.39, 0.29) is 12.0 Å². The Balaban J connectivity index is 2.43. The summed E-state index contributed by atoms with van der Waals surface area (Å²) in [4.78, 5) is 14.5. The van der Waals surface area contributed by atoms with Gasteiger partial charge in [-0.15, -0.1) is 0 Å². The average Bonchev–Trinajstić information content (AvgIpc) is 2.42. The van der Waals surface area contributed by atoms with Crippen molar-refractivity contribution in [2.45, 2.75) is 26.8 Å². The summed E-state index contributed by atoms with van der Waals surface area (Å²) in [5.74, 6) is -0.165. The number of esters is 1. The van der Waals surface area contributed by atoms with E-state index in [1.165, 1.54) is 12.7 Å². The lowest BCUT2D eigenvalue weighted by molar-refractivity contribution is -0.147. The van der Waals surface area contributed by atoms with Gasteiger partial charge in [0, 0.05) is 26.2 Å². The second-order valence-electron chi connectivity index (χ2n) is 5.52. The molecule has 1 saturated heterocycles. The largest absolute Gasteiger partial charge is 0.468 e. The van der Waals surface area contributed by atoms with Crippen LogP contribution >= 0.6 is 0 Å². The molecule has 0 spiro atoms. The Kier molecular flexibility index (Phi) is 4.78. The van der Waals surface area contributed by atoms with Crippen molar-refractivity contribution in [1.82, 2.24) is 10.2 Å². The van der Waals surface area contributed by atoms with Crippen molar-refractivity contribution in [3.8, 4) is 0 Å². The van der Waals surface area contributed by atoms with E-state index in [0.717, 1.165) is 42.9 Å². The van der Waals surface area contributed by atoms with E-state index >= 15 is 0 Å². The standard InChI is InChI=1S/C16H24N2O2/c1-11-9-12(2)14(13(3)10-11)15(16(19)20-4)18-7-5-17-6-8-18/h9-10,15,17H,5-8H2,1-4H3. The summed E-state index contributed by atoms with van der Waals surface area (Å²) < 4.78 is 5.06. The van der Waals surface area contributed by atoms with E-state index in [9.17, 15) is 4.79 Å². The molecule has 4 nitrogen and oxygen atoms in total. The molecule has 0 amide bonds. The molecule has 1 N–H and O–H groups in total. The van der Waals surface area contributed by atoms with Crippen LogP contribution in [0.3, 0.4) is 0 Å². The van der Waals surface area contributed by atoms with E-state index in [1.807, 2.05) is 0 Å². The van der Waals surface area contributed by atoms with Crippen LogP contribution < -0.4 is 5.32 Å². The van der Waals surface area contributed by atoms with Gasteiger partial charge in [0.05, 0.1) is 7.11 Å². The fraction of sp³-hybridized carbons (Fsp3) is 0.562. The predicted molar refractivity (Wildman–Crippen MR) is 79.9 cm³/mol. The van der Waals surface area contributed by atoms with Crippen LogP contribution in [0.15, 0.2) is 12.1 Å². The van der Waals surface area contributed by atoms with Crippen LogP contribution in [0.25, 0.3) is 0 Å². The summed E-state index contributed by atoms with van der Waals surface area (Å²) in [7, 11) is 1.47. The monoisotopic (exact) mass is 276 g/mol. The van der Waals surface area contributed by atoms with E-state index in [4.69, 9.17) is 4.74 Å². The highest BCUT2D eigenvalue weighted by Crippen LogP contribution is 2.29. The van der Waals surface area contributed by atoms with Gasteiger partial charge in [0.2, 0.25) is 0 Å². The van der Waals surface area contributed by atoms with Gasteiger partial charge >= 0.3 is 5.97 Å². The number of hydrogen-bond acceptors (Lipinski definition) is 4. The fourth-order valence-corrected chi connectivity index (χ4v) is 3.12. The highest BCUT2D eigenvalue weighted by molar-refractivity contribution is 5.78. The van der Waals surface area contributed by atoms with Crippen LogP contribution in [0.2, 0.25) is 0 Å². The molecule has 1 fully saturated rings. The molecule has 20 heavy (non-hydrogen) atoms. The Bertz CT molecular complexity index is 470. The third-order valence-corrected chi connectivity index (χ3v) is 3.95. The summed E-state index contributed by atoms with van der Waals surface area (Å²) in [6.07, 6.45) is 0. The predicted octanol–water partition coefficient (Wildman–Crippen LogP) is 1.73. The van der Waals surface area contributed by atoms with Crippen LogP contribution in [0.4, 0.5) is 0 Å². The van der Waals surface area contributed by atoms with Gasteiger partial charge in [-0.2, -0.15) is 0 Å². The number of nitrogens with one attached hydrogen (secondary N) is 1. The second-order valence-corrected chi connectivity index (χ2v) is 5.52. The number of hydrogen-bond donors (Lipinski definition) is 1. The first-order valence-corrected chi connectivity index (χ1v) is 7.15. The zero-order valence-electron chi connectivity index (χ0n) is 12.8. The van der Waals surface area contributed by atoms with Gasteiger partial charge in [0.1, 0.15) is 6.04 Å². The maximum atomic E-state index is 12.3. The molecule has 1 aliphatic heterocycles. The fourth-order valence-electron chi connectivity index (χ4n) is 3.12. The lowest BCUT2D eigenvalue weighted by atomic mass is 9.92. The normalized spacial score (nSPS) is 17.8. The minimum absolute atomic E-state index is 0.165. The molecule has 0 saturated carbocycles. The van der Waals surface area contributed by atoms with Gasteiger partial charge in [-0.05, 0) is 37.5 Å². The highest BCUT2D eigenvalue weighted by Gasteiger charge is 2.31. The molecular weight excluding hydrogens is 252 g/mol. The van der Waals surface area contributed by atoms with Gasteiger partial charge in [-0.3, -0.25) is 4.90 Å². The summed E-state index contributed by atoms with van der Waals surface area (Å²) in [6.45, 7) is 9.80. The first-order valence-electron chi connectivity index (χ1n) is 7.15. The first-order chi connectivity index (χ1) is 9.54. The number of carbonyl (C=O) groups is 1. The minimum atomic E-state index is -0.289. The molecule has 2 rings (SSSR count). The molecule has 1 unspecified atom stereocenters. The van der Waals surface area contributed by atoms with Crippen LogP contribution in [-0.4, -0.2) is 44.2 Å². The molecular formula is C16H24N2O2. The summed E-state index contributed by atoms with van der Waals surface area (Å²) in [5.41, 5.74) is 4.66. The molecule has 1 aliphatic rings. The van der Waals surface area contributed by atoms with E-state index < -0.39 is 0 Å². The summed E-state index contributed by atoms with van der Waals surface area (Å²) >= 11 is 0. The number of methoxy groups -OCH3 is 1. The van der Waals surface area contributed by atoms with Crippen molar-refractivity contribution in [2.75, 3.05) is 33.3 Å². The zero-order chi connectivity index (χ0) is 14.7. The van der Waals surface area contributed by atoms with Crippen LogP contribution in [-0.2, 0) is 9.53 Å². The maximum absolute atomic E-state index is 12.3. The third kappa shape index (κ3) is 3.02. The van der Waals surface area contributed by atoms with Crippen molar-refractivity contribution in [3.05, 3.63) is 34.4 Å². The molecule has 110 valence electrons. The van der Waals surface area contributed by atoms with Gasteiger partial charge in [-0.25, -0.2) is 4.79 Å². The number of benzene rings is 1.